The molecular formula is C6H15BN2. The van der Waals surface area contributed by atoms with Crippen molar-refractivity contribution >= 4 is 13.7 Å². The van der Waals surface area contributed by atoms with Gasteiger partial charge in [-0.1, -0.05) is 6.92 Å². The van der Waals surface area contributed by atoms with Gasteiger partial charge in [-0.25, -0.2) is 0 Å². The van der Waals surface area contributed by atoms with Crippen LogP contribution in [0.1, 0.15) is 20.3 Å². The predicted molar refractivity (Wildman–Crippen MR) is 44.8 cm³/mol. The standard InChI is InChI=1S/C6H15BN2/c1-3-6(8-4-2)9-5-7/h3-5,7H2,1-2H3,(H,8,9). The van der Waals surface area contributed by atoms with Crippen LogP contribution < -0.4 is 5.32 Å². The Morgan fingerprint density at radius 1 is 1.56 bits per heavy atom. The molecule has 0 atom stereocenters. The summed E-state index contributed by atoms with van der Waals surface area (Å²) in [5.74, 6) is 1.12. The molecule has 0 aromatic carbocycles. The minimum atomic E-state index is 0.885. The zero-order valence-electron chi connectivity index (χ0n) is 6.57. The number of hydrogen-bond donors (Lipinski definition) is 1. The Balaban J connectivity index is 3.53. The van der Waals surface area contributed by atoms with Crippen molar-refractivity contribution in [1.29, 1.82) is 0 Å². The van der Waals surface area contributed by atoms with Crippen LogP contribution in [-0.2, 0) is 0 Å². The van der Waals surface area contributed by atoms with Crippen LogP contribution in [0.4, 0.5) is 0 Å². The van der Waals surface area contributed by atoms with Crippen LogP contribution in [0.15, 0.2) is 4.99 Å². The lowest BCUT2D eigenvalue weighted by atomic mass is 10.1. The van der Waals surface area contributed by atoms with E-state index in [1.807, 2.05) is 6.92 Å². The summed E-state index contributed by atoms with van der Waals surface area (Å²) >= 11 is 0. The van der Waals surface area contributed by atoms with E-state index in [2.05, 4.69) is 25.1 Å². The zero-order chi connectivity index (χ0) is 7.11. The van der Waals surface area contributed by atoms with Crippen LogP contribution in [0.5, 0.6) is 0 Å². The monoisotopic (exact) mass is 126 g/mol. The average molecular weight is 126 g/mol. The van der Waals surface area contributed by atoms with E-state index >= 15 is 0 Å². The lowest BCUT2D eigenvalue weighted by molar-refractivity contribution is 0.995. The average Bonchev–Trinajstić information content (AvgIpc) is 1.88. The molecule has 0 aliphatic heterocycles. The van der Waals surface area contributed by atoms with Crippen LogP contribution in [0.3, 0.4) is 0 Å². The summed E-state index contributed by atoms with van der Waals surface area (Å²) in [4.78, 5) is 4.24. The highest BCUT2D eigenvalue weighted by atomic mass is 15.0. The molecule has 0 heterocycles. The summed E-state index contributed by atoms with van der Waals surface area (Å²) in [5, 5.41) is 3.18. The molecule has 0 spiro atoms. The fourth-order valence-corrected chi connectivity index (χ4v) is 0.688. The maximum atomic E-state index is 4.24. The SMILES string of the molecule is BCN/C(CC)=N\CC. The molecule has 0 saturated heterocycles. The number of rotatable bonds is 3. The van der Waals surface area contributed by atoms with Crippen molar-refractivity contribution in [3.05, 3.63) is 0 Å². The Morgan fingerprint density at radius 2 is 2.22 bits per heavy atom. The fourth-order valence-electron chi connectivity index (χ4n) is 0.688. The Kier molecular flexibility index (Phi) is 5.37. The summed E-state index contributed by atoms with van der Waals surface area (Å²) < 4.78 is 0. The molecular weight excluding hydrogens is 111 g/mol. The molecule has 0 aliphatic carbocycles. The molecule has 0 rings (SSSR count). The maximum Gasteiger partial charge on any atom is 0.126 e. The van der Waals surface area contributed by atoms with E-state index in [4.69, 9.17) is 0 Å². The summed E-state index contributed by atoms with van der Waals surface area (Å²) in [6, 6.07) is 0. The van der Waals surface area contributed by atoms with E-state index in [1.54, 1.807) is 0 Å². The van der Waals surface area contributed by atoms with Gasteiger partial charge in [0.1, 0.15) is 7.85 Å². The van der Waals surface area contributed by atoms with Gasteiger partial charge in [-0.3, -0.25) is 4.99 Å². The molecule has 0 aliphatic rings. The first-order valence-corrected chi connectivity index (χ1v) is 3.62. The van der Waals surface area contributed by atoms with Gasteiger partial charge in [-0.05, 0) is 13.4 Å². The highest BCUT2D eigenvalue weighted by molar-refractivity contribution is 6.10. The van der Waals surface area contributed by atoms with Gasteiger partial charge in [0.2, 0.25) is 0 Å². The van der Waals surface area contributed by atoms with Crippen LogP contribution in [0, 0.1) is 0 Å². The normalized spacial score (nSPS) is 11.6. The second-order valence-corrected chi connectivity index (χ2v) is 1.80. The van der Waals surface area contributed by atoms with E-state index in [0.29, 0.717) is 0 Å². The van der Waals surface area contributed by atoms with Gasteiger partial charge < -0.3 is 5.32 Å². The summed E-state index contributed by atoms with van der Waals surface area (Å²) in [6.45, 7) is 5.04. The van der Waals surface area contributed by atoms with E-state index in [-0.39, 0.29) is 0 Å². The molecule has 1 N–H and O–H groups in total. The molecule has 0 unspecified atom stereocenters. The van der Waals surface area contributed by atoms with Crippen LogP contribution in [0.25, 0.3) is 0 Å². The largest absolute Gasteiger partial charge is 0.382 e. The maximum absolute atomic E-state index is 4.24. The van der Waals surface area contributed by atoms with Crippen molar-refractivity contribution in [1.82, 2.24) is 5.32 Å². The van der Waals surface area contributed by atoms with Crippen LogP contribution >= 0.6 is 0 Å². The van der Waals surface area contributed by atoms with Gasteiger partial charge in [0.25, 0.3) is 0 Å². The summed E-state index contributed by atoms with van der Waals surface area (Å²) in [7, 11) is 2.08. The van der Waals surface area contributed by atoms with Crippen LogP contribution in [0.2, 0.25) is 0 Å². The molecule has 0 radical (unpaired) electrons. The highest BCUT2D eigenvalue weighted by Gasteiger charge is 1.87. The van der Waals surface area contributed by atoms with Gasteiger partial charge in [-0.2, -0.15) is 0 Å². The molecule has 52 valence electrons. The van der Waals surface area contributed by atoms with Gasteiger partial charge in [0.05, 0.1) is 5.84 Å². The summed E-state index contributed by atoms with van der Waals surface area (Å²) in [6.07, 6.45) is 1.99. The van der Waals surface area contributed by atoms with Gasteiger partial charge in [-0.15, -0.1) is 0 Å². The van der Waals surface area contributed by atoms with Crippen molar-refractivity contribution in [2.24, 2.45) is 4.99 Å². The summed E-state index contributed by atoms with van der Waals surface area (Å²) in [5.41, 5.74) is 0. The Hall–Kier alpha value is -0.465. The molecule has 2 nitrogen and oxygen atoms in total. The highest BCUT2D eigenvalue weighted by Crippen LogP contribution is 1.79. The third-order valence-corrected chi connectivity index (χ3v) is 1.06. The lowest BCUT2D eigenvalue weighted by Gasteiger charge is -2.02. The van der Waals surface area contributed by atoms with Gasteiger partial charge in [0, 0.05) is 13.0 Å². The quantitative estimate of drug-likeness (QED) is 0.321. The molecule has 9 heavy (non-hydrogen) atoms. The Morgan fingerprint density at radius 3 is 2.56 bits per heavy atom. The number of nitrogens with zero attached hydrogens (tertiary/aromatic N) is 1. The zero-order valence-corrected chi connectivity index (χ0v) is 6.57. The molecule has 0 bridgehead atoms. The minimum Gasteiger partial charge on any atom is -0.382 e. The van der Waals surface area contributed by atoms with Crippen molar-refractivity contribution in [2.75, 3.05) is 13.0 Å². The van der Waals surface area contributed by atoms with Crippen molar-refractivity contribution in [2.45, 2.75) is 20.3 Å². The predicted octanol–water partition coefficient (Wildman–Crippen LogP) is -0.00500. The second kappa shape index (κ2) is 5.67. The topological polar surface area (TPSA) is 24.4 Å². The molecule has 0 fully saturated rings. The van der Waals surface area contributed by atoms with Gasteiger partial charge in [0.15, 0.2) is 0 Å². The molecule has 0 aromatic rings. The third-order valence-electron chi connectivity index (χ3n) is 1.06. The smallest absolute Gasteiger partial charge is 0.126 e. The number of amidine groups is 1. The van der Waals surface area contributed by atoms with E-state index in [9.17, 15) is 0 Å². The first-order valence-electron chi connectivity index (χ1n) is 3.62. The Bertz CT molecular complexity index is 91.1. The van der Waals surface area contributed by atoms with Crippen molar-refractivity contribution < 1.29 is 0 Å². The van der Waals surface area contributed by atoms with E-state index < -0.39 is 0 Å². The Labute approximate surface area is 58.2 Å². The third kappa shape index (κ3) is 4.07. The first kappa shape index (κ1) is 8.53. The first-order chi connectivity index (χ1) is 4.35. The van der Waals surface area contributed by atoms with Crippen LogP contribution in [-0.4, -0.2) is 26.7 Å². The minimum absolute atomic E-state index is 0.885. The van der Waals surface area contributed by atoms with E-state index in [1.165, 1.54) is 0 Å². The number of nitrogens with one attached hydrogen (secondary N) is 1. The molecule has 0 amide bonds. The molecule has 0 saturated carbocycles. The number of aliphatic imine (C=N–C) groups is 1. The molecule has 0 aromatic heterocycles. The fraction of sp³-hybridized carbons (Fsp3) is 0.833. The van der Waals surface area contributed by atoms with Crippen molar-refractivity contribution in [3.8, 4) is 0 Å². The lowest BCUT2D eigenvalue weighted by Crippen LogP contribution is -2.23. The van der Waals surface area contributed by atoms with Gasteiger partial charge >= 0.3 is 0 Å². The molecule has 3 heteroatoms. The van der Waals surface area contributed by atoms with E-state index in [0.717, 1.165) is 25.2 Å². The number of hydrogen-bond acceptors (Lipinski definition) is 1. The second-order valence-electron chi connectivity index (χ2n) is 1.80. The van der Waals surface area contributed by atoms with Crippen molar-refractivity contribution in [3.63, 3.8) is 0 Å².